The standard InChI is InChI=1S/C8H6ClFO4S/c1-15(13,14)5-3-2-4(8(11)12)6(9)7(5)10/h2-3H,1H3,(H,11,12). The smallest absolute Gasteiger partial charge is 0.337 e. The van der Waals surface area contributed by atoms with Gasteiger partial charge in [-0.05, 0) is 12.1 Å². The molecule has 7 heteroatoms. The lowest BCUT2D eigenvalue weighted by molar-refractivity contribution is 0.0696. The molecule has 0 spiro atoms. The van der Waals surface area contributed by atoms with Gasteiger partial charge in [-0.15, -0.1) is 0 Å². The van der Waals surface area contributed by atoms with Crippen LogP contribution in [0.1, 0.15) is 10.4 Å². The summed E-state index contributed by atoms with van der Waals surface area (Å²) in [5, 5.41) is 7.88. The molecule has 0 aliphatic rings. The van der Waals surface area contributed by atoms with Crippen molar-refractivity contribution in [2.24, 2.45) is 0 Å². The monoisotopic (exact) mass is 252 g/mol. The van der Waals surface area contributed by atoms with Gasteiger partial charge < -0.3 is 5.11 Å². The molecule has 82 valence electrons. The van der Waals surface area contributed by atoms with Crippen molar-refractivity contribution in [3.8, 4) is 0 Å². The summed E-state index contributed by atoms with van der Waals surface area (Å²) in [7, 11) is -3.75. The first-order chi connectivity index (χ1) is 6.75. The molecule has 1 N–H and O–H groups in total. The number of rotatable bonds is 2. The third kappa shape index (κ3) is 2.27. The van der Waals surface area contributed by atoms with Gasteiger partial charge in [0, 0.05) is 6.26 Å². The number of sulfone groups is 1. The Kier molecular flexibility index (Phi) is 3.01. The molecule has 1 rings (SSSR count). The van der Waals surface area contributed by atoms with Gasteiger partial charge in [0.05, 0.1) is 10.6 Å². The molecule has 0 fully saturated rings. The van der Waals surface area contributed by atoms with Crippen molar-refractivity contribution in [2.45, 2.75) is 4.90 Å². The molecule has 0 aliphatic carbocycles. The second-order valence-corrected chi connectivity index (χ2v) is 5.18. The van der Waals surface area contributed by atoms with E-state index in [1.165, 1.54) is 0 Å². The zero-order valence-corrected chi connectivity index (χ0v) is 9.06. The van der Waals surface area contributed by atoms with Crippen LogP contribution in [0.15, 0.2) is 17.0 Å². The van der Waals surface area contributed by atoms with Crippen LogP contribution in [0.2, 0.25) is 5.02 Å². The Balaban J connectivity index is 3.55. The maximum atomic E-state index is 13.3. The Bertz CT molecular complexity index is 524. The SMILES string of the molecule is CS(=O)(=O)c1ccc(C(=O)O)c(Cl)c1F. The third-order valence-electron chi connectivity index (χ3n) is 1.68. The van der Waals surface area contributed by atoms with Crippen molar-refractivity contribution >= 4 is 27.4 Å². The van der Waals surface area contributed by atoms with E-state index in [2.05, 4.69) is 0 Å². The number of benzene rings is 1. The van der Waals surface area contributed by atoms with E-state index in [4.69, 9.17) is 16.7 Å². The first-order valence-corrected chi connectivity index (χ1v) is 5.93. The zero-order chi connectivity index (χ0) is 11.8. The molecule has 0 saturated carbocycles. The van der Waals surface area contributed by atoms with Crippen molar-refractivity contribution < 1.29 is 22.7 Å². The highest BCUT2D eigenvalue weighted by molar-refractivity contribution is 7.90. The molecule has 0 atom stereocenters. The van der Waals surface area contributed by atoms with Gasteiger partial charge in [0.25, 0.3) is 0 Å². The molecule has 4 nitrogen and oxygen atoms in total. The average molecular weight is 253 g/mol. The molecule has 0 unspecified atom stereocenters. The van der Waals surface area contributed by atoms with E-state index >= 15 is 0 Å². The second kappa shape index (κ2) is 3.79. The number of carboxylic acids is 1. The Morgan fingerprint density at radius 1 is 1.47 bits per heavy atom. The van der Waals surface area contributed by atoms with Crippen LogP contribution in [0.4, 0.5) is 4.39 Å². The molecular formula is C8H6ClFO4S. The summed E-state index contributed by atoms with van der Waals surface area (Å²) in [4.78, 5) is 9.92. The number of carboxylic acid groups (broad SMARTS) is 1. The second-order valence-electron chi connectivity index (χ2n) is 2.82. The molecular weight excluding hydrogens is 247 g/mol. The first-order valence-electron chi connectivity index (χ1n) is 3.66. The average Bonchev–Trinajstić information content (AvgIpc) is 2.06. The summed E-state index contributed by atoms with van der Waals surface area (Å²) in [6, 6.07) is 1.82. The molecule has 1 aromatic rings. The summed E-state index contributed by atoms with van der Waals surface area (Å²) in [5.41, 5.74) is -0.471. The van der Waals surface area contributed by atoms with Crippen molar-refractivity contribution in [2.75, 3.05) is 6.26 Å². The fourth-order valence-electron chi connectivity index (χ4n) is 0.983. The maximum Gasteiger partial charge on any atom is 0.337 e. The summed E-state index contributed by atoms with van der Waals surface area (Å²) in [6.45, 7) is 0. The predicted molar refractivity (Wildman–Crippen MR) is 51.5 cm³/mol. The highest BCUT2D eigenvalue weighted by atomic mass is 35.5. The van der Waals surface area contributed by atoms with Crippen LogP contribution in [0.25, 0.3) is 0 Å². The third-order valence-corrected chi connectivity index (χ3v) is 3.16. The zero-order valence-electron chi connectivity index (χ0n) is 7.49. The summed E-state index contributed by atoms with van der Waals surface area (Å²) >= 11 is 5.38. The van der Waals surface area contributed by atoms with Gasteiger partial charge in [0.15, 0.2) is 15.7 Å². The normalized spacial score (nSPS) is 11.4. The summed E-state index contributed by atoms with van der Waals surface area (Å²) in [5.74, 6) is -2.65. The molecule has 0 aromatic heterocycles. The van der Waals surface area contributed by atoms with E-state index in [0.29, 0.717) is 0 Å². The predicted octanol–water partition coefficient (Wildman–Crippen LogP) is 1.58. The van der Waals surface area contributed by atoms with E-state index in [-0.39, 0.29) is 0 Å². The topological polar surface area (TPSA) is 71.4 Å². The van der Waals surface area contributed by atoms with Crippen LogP contribution >= 0.6 is 11.6 Å². The Hall–Kier alpha value is -1.14. The van der Waals surface area contributed by atoms with Crippen molar-refractivity contribution in [1.82, 2.24) is 0 Å². The van der Waals surface area contributed by atoms with Crippen LogP contribution in [-0.4, -0.2) is 25.7 Å². The highest BCUT2D eigenvalue weighted by Crippen LogP contribution is 2.26. The van der Waals surface area contributed by atoms with Crippen LogP contribution in [0.5, 0.6) is 0 Å². The van der Waals surface area contributed by atoms with E-state index in [0.717, 1.165) is 18.4 Å². The number of halogens is 2. The molecule has 1 aromatic carbocycles. The summed E-state index contributed by atoms with van der Waals surface area (Å²) < 4.78 is 35.4. The Morgan fingerprint density at radius 3 is 2.40 bits per heavy atom. The fraction of sp³-hybridized carbons (Fsp3) is 0.125. The van der Waals surface area contributed by atoms with Gasteiger partial charge in [-0.25, -0.2) is 17.6 Å². The van der Waals surface area contributed by atoms with Gasteiger partial charge >= 0.3 is 5.97 Å². The number of aromatic carboxylic acids is 1. The largest absolute Gasteiger partial charge is 0.478 e. The minimum Gasteiger partial charge on any atom is -0.478 e. The molecule has 15 heavy (non-hydrogen) atoms. The van der Waals surface area contributed by atoms with Gasteiger partial charge in [-0.2, -0.15) is 0 Å². The highest BCUT2D eigenvalue weighted by Gasteiger charge is 2.21. The van der Waals surface area contributed by atoms with Crippen LogP contribution in [0.3, 0.4) is 0 Å². The number of hydrogen-bond donors (Lipinski definition) is 1. The lowest BCUT2D eigenvalue weighted by Crippen LogP contribution is -2.05. The molecule has 0 aliphatic heterocycles. The number of carbonyl (C=O) groups is 1. The molecule has 0 saturated heterocycles. The van der Waals surface area contributed by atoms with Crippen molar-refractivity contribution in [3.05, 3.63) is 28.5 Å². The molecule has 0 bridgehead atoms. The Morgan fingerprint density at radius 2 is 2.00 bits per heavy atom. The van der Waals surface area contributed by atoms with Crippen LogP contribution in [-0.2, 0) is 9.84 Å². The fourth-order valence-corrected chi connectivity index (χ4v) is 2.03. The van der Waals surface area contributed by atoms with Gasteiger partial charge in [0.2, 0.25) is 0 Å². The van der Waals surface area contributed by atoms with Crippen LogP contribution < -0.4 is 0 Å². The van der Waals surface area contributed by atoms with Crippen molar-refractivity contribution in [3.63, 3.8) is 0 Å². The van der Waals surface area contributed by atoms with Gasteiger partial charge in [-0.3, -0.25) is 0 Å². The molecule has 0 radical (unpaired) electrons. The molecule has 0 heterocycles. The maximum absolute atomic E-state index is 13.3. The quantitative estimate of drug-likeness (QED) is 0.867. The van der Waals surface area contributed by atoms with Gasteiger partial charge in [0.1, 0.15) is 4.90 Å². The van der Waals surface area contributed by atoms with E-state index < -0.39 is 37.1 Å². The summed E-state index contributed by atoms with van der Waals surface area (Å²) in [6.07, 6.45) is 0.808. The minimum atomic E-state index is -3.75. The lowest BCUT2D eigenvalue weighted by Gasteiger charge is -2.04. The van der Waals surface area contributed by atoms with E-state index in [1.807, 2.05) is 0 Å². The lowest BCUT2D eigenvalue weighted by atomic mass is 10.2. The first kappa shape index (κ1) is 11.9. The van der Waals surface area contributed by atoms with E-state index in [1.54, 1.807) is 0 Å². The van der Waals surface area contributed by atoms with Crippen molar-refractivity contribution in [1.29, 1.82) is 0 Å². The molecule has 0 amide bonds. The van der Waals surface area contributed by atoms with Gasteiger partial charge in [-0.1, -0.05) is 11.6 Å². The van der Waals surface area contributed by atoms with Crippen LogP contribution in [0, 0.1) is 5.82 Å². The Labute approximate surface area is 90.2 Å². The minimum absolute atomic E-state index is 0.471. The number of hydrogen-bond acceptors (Lipinski definition) is 3. The van der Waals surface area contributed by atoms with E-state index in [9.17, 15) is 17.6 Å².